The lowest BCUT2D eigenvalue weighted by Crippen LogP contribution is -2.27. The van der Waals surface area contributed by atoms with Gasteiger partial charge in [0.15, 0.2) is 0 Å². The average molecular weight is 406 g/mol. The molecule has 9 heteroatoms. The molecule has 2 aromatic carbocycles. The van der Waals surface area contributed by atoms with Crippen molar-refractivity contribution in [3.8, 4) is 5.75 Å². The van der Waals surface area contributed by atoms with Crippen molar-refractivity contribution in [2.24, 2.45) is 4.99 Å². The Balaban J connectivity index is 1.49. The largest absolute Gasteiger partial charge is 0.493 e. The molecular formula is C19H19FN2O5S. The Morgan fingerprint density at radius 3 is 2.61 bits per heavy atom. The van der Waals surface area contributed by atoms with E-state index >= 15 is 0 Å². The number of aliphatic imine (C=N–C) groups is 1. The molecule has 0 saturated carbocycles. The number of ether oxygens (including phenoxy) is 2. The van der Waals surface area contributed by atoms with Crippen LogP contribution in [0.1, 0.15) is 18.9 Å². The van der Waals surface area contributed by atoms with E-state index in [0.717, 1.165) is 0 Å². The van der Waals surface area contributed by atoms with Crippen LogP contribution in [-0.4, -0.2) is 39.5 Å². The van der Waals surface area contributed by atoms with Crippen molar-refractivity contribution in [3.63, 3.8) is 0 Å². The average Bonchev–Trinajstić information content (AvgIpc) is 2.93. The van der Waals surface area contributed by atoms with Gasteiger partial charge in [-0.05, 0) is 43.3 Å². The van der Waals surface area contributed by atoms with Crippen LogP contribution >= 0.6 is 0 Å². The van der Waals surface area contributed by atoms with Crippen LogP contribution < -0.4 is 9.46 Å². The Kier molecular flexibility index (Phi) is 5.93. The van der Waals surface area contributed by atoms with Gasteiger partial charge in [-0.15, -0.1) is 0 Å². The molecule has 0 amide bonds. The summed E-state index contributed by atoms with van der Waals surface area (Å²) >= 11 is 0. The van der Waals surface area contributed by atoms with Crippen molar-refractivity contribution in [2.75, 3.05) is 13.2 Å². The normalized spacial score (nSPS) is 16.9. The predicted molar refractivity (Wildman–Crippen MR) is 100 cm³/mol. The van der Waals surface area contributed by atoms with Gasteiger partial charge in [-0.25, -0.2) is 17.6 Å². The minimum Gasteiger partial charge on any atom is -0.493 e. The molecule has 0 aromatic heterocycles. The summed E-state index contributed by atoms with van der Waals surface area (Å²) in [6, 6.07) is 11.2. The first-order valence-corrected chi connectivity index (χ1v) is 10.1. The number of nitrogens with one attached hydrogen (secondary N) is 1. The first kappa shape index (κ1) is 19.8. The van der Waals surface area contributed by atoms with Gasteiger partial charge in [-0.1, -0.05) is 12.1 Å². The number of benzene rings is 2. The summed E-state index contributed by atoms with van der Waals surface area (Å²) in [7, 11) is -3.65. The molecule has 0 bridgehead atoms. The third-order valence-electron chi connectivity index (χ3n) is 3.94. The number of sulfonamides is 1. The van der Waals surface area contributed by atoms with Crippen LogP contribution in [0.3, 0.4) is 0 Å². The molecule has 1 aliphatic heterocycles. The van der Waals surface area contributed by atoms with Gasteiger partial charge in [0.2, 0.25) is 0 Å². The number of hydrogen-bond donors (Lipinski definition) is 1. The van der Waals surface area contributed by atoms with E-state index < -0.39 is 22.0 Å². The zero-order valence-corrected chi connectivity index (χ0v) is 15.9. The Labute approximate surface area is 162 Å². The van der Waals surface area contributed by atoms with Gasteiger partial charge in [-0.3, -0.25) is 9.71 Å². The fourth-order valence-corrected chi connectivity index (χ4v) is 3.79. The molecule has 7 nitrogen and oxygen atoms in total. The topological polar surface area (TPSA) is 94.1 Å². The highest BCUT2D eigenvalue weighted by Crippen LogP contribution is 2.22. The van der Waals surface area contributed by atoms with Crippen molar-refractivity contribution >= 4 is 21.8 Å². The minimum absolute atomic E-state index is 0.123. The van der Waals surface area contributed by atoms with Gasteiger partial charge < -0.3 is 9.47 Å². The Hall–Kier alpha value is -2.94. The molecule has 0 saturated heterocycles. The van der Waals surface area contributed by atoms with E-state index in [2.05, 4.69) is 9.71 Å². The van der Waals surface area contributed by atoms with Crippen LogP contribution in [0.15, 0.2) is 58.4 Å². The van der Waals surface area contributed by atoms with Gasteiger partial charge in [-0.2, -0.15) is 0 Å². The maximum Gasteiger partial charge on any atom is 0.330 e. The van der Waals surface area contributed by atoms with E-state index in [1.165, 1.54) is 37.3 Å². The van der Waals surface area contributed by atoms with Gasteiger partial charge in [0.1, 0.15) is 23.4 Å². The zero-order chi connectivity index (χ0) is 20.1. The van der Waals surface area contributed by atoms with Crippen molar-refractivity contribution in [1.82, 2.24) is 4.72 Å². The van der Waals surface area contributed by atoms with Crippen LogP contribution in [0.5, 0.6) is 5.75 Å². The van der Waals surface area contributed by atoms with E-state index in [1.807, 2.05) is 0 Å². The molecule has 1 N–H and O–H groups in total. The standard InChI is InChI=1S/C19H19FN2O5S/c1-13(21-18-16-5-2-3-6-17(16)28(24,25)22-18)19(23)27-12-4-11-26-15-9-7-14(20)8-10-15/h2-3,5-10,13H,4,11-12H2,1H3,(H,21,22)/t13-/m0/s1. The van der Waals surface area contributed by atoms with E-state index in [0.29, 0.717) is 24.3 Å². The SMILES string of the molecule is C[C@H](N=C1NS(=O)(=O)c2ccccc21)C(=O)OCCCOc1ccc(F)cc1. The number of amidine groups is 1. The number of esters is 1. The summed E-state index contributed by atoms with van der Waals surface area (Å²) in [6.07, 6.45) is 0.446. The highest BCUT2D eigenvalue weighted by Gasteiger charge is 2.31. The second-order valence-electron chi connectivity index (χ2n) is 6.08. The molecule has 2 aromatic rings. The monoisotopic (exact) mass is 406 g/mol. The Morgan fingerprint density at radius 2 is 1.86 bits per heavy atom. The molecule has 0 aliphatic carbocycles. The number of hydrogen-bond acceptors (Lipinski definition) is 6. The molecular weight excluding hydrogens is 387 g/mol. The van der Waals surface area contributed by atoms with Crippen molar-refractivity contribution in [3.05, 3.63) is 59.9 Å². The Bertz CT molecular complexity index is 990. The maximum absolute atomic E-state index is 12.8. The van der Waals surface area contributed by atoms with Gasteiger partial charge in [0.05, 0.1) is 18.1 Å². The molecule has 1 heterocycles. The molecule has 0 fully saturated rings. The van der Waals surface area contributed by atoms with Crippen LogP contribution in [0.4, 0.5) is 4.39 Å². The molecule has 0 spiro atoms. The summed E-state index contributed by atoms with van der Waals surface area (Å²) < 4.78 is 49.8. The number of rotatable bonds is 7. The van der Waals surface area contributed by atoms with Crippen LogP contribution in [-0.2, 0) is 19.6 Å². The van der Waals surface area contributed by atoms with E-state index in [9.17, 15) is 17.6 Å². The van der Waals surface area contributed by atoms with Crippen molar-refractivity contribution in [1.29, 1.82) is 0 Å². The molecule has 3 rings (SSSR count). The van der Waals surface area contributed by atoms with Gasteiger partial charge in [0.25, 0.3) is 10.0 Å². The predicted octanol–water partition coefficient (Wildman–Crippen LogP) is 2.27. The van der Waals surface area contributed by atoms with Crippen LogP contribution in [0, 0.1) is 5.82 Å². The zero-order valence-electron chi connectivity index (χ0n) is 15.1. The van der Waals surface area contributed by atoms with Crippen LogP contribution in [0.2, 0.25) is 0 Å². The summed E-state index contributed by atoms with van der Waals surface area (Å²) in [6.45, 7) is 1.95. The maximum atomic E-state index is 12.8. The van der Waals surface area contributed by atoms with Gasteiger partial charge in [0, 0.05) is 12.0 Å². The number of carbonyl (C=O) groups excluding carboxylic acids is 1. The summed E-state index contributed by atoms with van der Waals surface area (Å²) in [5, 5.41) is 0. The fourth-order valence-electron chi connectivity index (χ4n) is 2.55. The molecule has 0 radical (unpaired) electrons. The fraction of sp³-hybridized carbons (Fsp3) is 0.263. The summed E-state index contributed by atoms with van der Waals surface area (Å²) in [4.78, 5) is 16.4. The lowest BCUT2D eigenvalue weighted by atomic mass is 10.2. The number of nitrogens with zero attached hydrogens (tertiary/aromatic N) is 1. The van der Waals surface area contributed by atoms with E-state index in [-0.39, 0.29) is 23.2 Å². The lowest BCUT2D eigenvalue weighted by molar-refractivity contribution is -0.144. The number of halogens is 1. The highest BCUT2D eigenvalue weighted by atomic mass is 32.2. The first-order chi connectivity index (χ1) is 13.4. The quantitative estimate of drug-likeness (QED) is 0.562. The summed E-state index contributed by atoms with van der Waals surface area (Å²) in [5.74, 6) is -0.263. The van der Waals surface area contributed by atoms with Crippen molar-refractivity contribution < 1.29 is 27.1 Å². The third-order valence-corrected chi connectivity index (χ3v) is 5.34. The summed E-state index contributed by atoms with van der Waals surface area (Å²) in [5.41, 5.74) is 0.426. The van der Waals surface area contributed by atoms with Crippen molar-refractivity contribution in [2.45, 2.75) is 24.3 Å². The van der Waals surface area contributed by atoms with Crippen LogP contribution in [0.25, 0.3) is 0 Å². The number of fused-ring (bicyclic) bond motifs is 1. The lowest BCUT2D eigenvalue weighted by Gasteiger charge is -2.10. The third kappa shape index (κ3) is 4.66. The molecule has 28 heavy (non-hydrogen) atoms. The van der Waals surface area contributed by atoms with E-state index in [1.54, 1.807) is 18.2 Å². The Morgan fingerprint density at radius 1 is 1.14 bits per heavy atom. The second kappa shape index (κ2) is 8.39. The van der Waals surface area contributed by atoms with Gasteiger partial charge >= 0.3 is 5.97 Å². The first-order valence-electron chi connectivity index (χ1n) is 8.62. The smallest absolute Gasteiger partial charge is 0.330 e. The molecule has 148 valence electrons. The number of carbonyl (C=O) groups is 1. The molecule has 1 atom stereocenters. The minimum atomic E-state index is -3.65. The second-order valence-corrected chi connectivity index (χ2v) is 7.73. The highest BCUT2D eigenvalue weighted by molar-refractivity contribution is 7.90. The van der Waals surface area contributed by atoms with E-state index in [4.69, 9.17) is 9.47 Å². The molecule has 1 aliphatic rings. The molecule has 0 unspecified atom stereocenters.